The zero-order valence-electron chi connectivity index (χ0n) is 14.1. The van der Waals surface area contributed by atoms with Gasteiger partial charge in [0, 0.05) is 18.8 Å². The number of hydrogen-bond donors (Lipinski definition) is 3. The van der Waals surface area contributed by atoms with Crippen molar-refractivity contribution in [2.24, 2.45) is 5.92 Å². The van der Waals surface area contributed by atoms with Crippen molar-refractivity contribution >= 4 is 34.0 Å². The van der Waals surface area contributed by atoms with Gasteiger partial charge >= 0.3 is 6.03 Å². The number of nitrogens with zero attached hydrogens (tertiary/aromatic N) is 1. The second-order valence-electron chi connectivity index (χ2n) is 6.07. The average Bonchev–Trinajstić information content (AvgIpc) is 3.25. The van der Waals surface area contributed by atoms with Gasteiger partial charge in [-0.15, -0.1) is 11.3 Å². The molecule has 25 heavy (non-hydrogen) atoms. The molecule has 132 valence electrons. The molecule has 0 saturated carbocycles. The lowest BCUT2D eigenvalue weighted by atomic mass is 10.1. The Morgan fingerprint density at radius 2 is 1.96 bits per heavy atom. The van der Waals surface area contributed by atoms with E-state index in [1.165, 1.54) is 11.3 Å². The van der Waals surface area contributed by atoms with Crippen LogP contribution in [-0.2, 0) is 0 Å². The molecule has 1 unspecified atom stereocenters. The van der Waals surface area contributed by atoms with Crippen molar-refractivity contribution in [1.82, 2.24) is 10.2 Å². The third-order valence-electron chi connectivity index (χ3n) is 4.15. The lowest BCUT2D eigenvalue weighted by molar-refractivity contribution is 0.0792. The first-order valence-corrected chi connectivity index (χ1v) is 9.14. The highest BCUT2D eigenvalue weighted by Crippen LogP contribution is 2.26. The third kappa shape index (κ3) is 4.58. The first kappa shape index (κ1) is 17.4. The van der Waals surface area contributed by atoms with Crippen LogP contribution in [0.2, 0.25) is 0 Å². The predicted octanol–water partition coefficient (Wildman–Crippen LogP) is 3.07. The van der Waals surface area contributed by atoms with Crippen LogP contribution in [0.4, 0.5) is 15.5 Å². The quantitative estimate of drug-likeness (QED) is 0.769. The maximum Gasteiger partial charge on any atom is 0.324 e. The van der Waals surface area contributed by atoms with Crippen LogP contribution in [0.15, 0.2) is 42.5 Å². The summed E-state index contributed by atoms with van der Waals surface area (Å²) in [5, 5.41) is 9.35. The number of carbonyl (C=O) groups is 2. The van der Waals surface area contributed by atoms with Crippen LogP contribution in [0.5, 0.6) is 0 Å². The lowest BCUT2D eigenvalue weighted by Gasteiger charge is -2.15. The Labute approximate surface area is 151 Å². The van der Waals surface area contributed by atoms with Gasteiger partial charge < -0.3 is 15.5 Å². The summed E-state index contributed by atoms with van der Waals surface area (Å²) < 4.78 is 0. The number of anilines is 2. The summed E-state index contributed by atoms with van der Waals surface area (Å²) in [6.07, 6.45) is 1.03. The number of urea groups is 1. The number of thiophene rings is 1. The summed E-state index contributed by atoms with van der Waals surface area (Å²) in [6, 6.07) is 12.5. The molecule has 6 nitrogen and oxygen atoms in total. The third-order valence-corrected chi connectivity index (χ3v) is 5.14. The van der Waals surface area contributed by atoms with Gasteiger partial charge in [-0.3, -0.25) is 10.1 Å². The van der Waals surface area contributed by atoms with Crippen LogP contribution >= 0.6 is 11.3 Å². The number of benzene rings is 1. The van der Waals surface area contributed by atoms with Gasteiger partial charge in [0.15, 0.2) is 0 Å². The van der Waals surface area contributed by atoms with Crippen LogP contribution in [0.1, 0.15) is 16.1 Å². The first-order valence-electron chi connectivity index (χ1n) is 8.32. The number of amides is 3. The normalized spacial score (nSPS) is 16.7. The maximum atomic E-state index is 12.6. The minimum atomic E-state index is -0.317. The minimum absolute atomic E-state index is 0.0418. The van der Waals surface area contributed by atoms with Crippen LogP contribution in [0, 0.1) is 5.92 Å². The zero-order chi connectivity index (χ0) is 17.6. The molecule has 7 heteroatoms. The molecule has 1 saturated heterocycles. The standard InChI is InChI=1S/C18H22N4O2S/c1-19-11-13-9-10-22(12-13)17(23)15-7-8-16(25-15)21-18(24)20-14-5-3-2-4-6-14/h2-8,13,19H,9-12H2,1H3,(H2,20,21,24). The van der Waals surface area contributed by atoms with E-state index in [4.69, 9.17) is 0 Å². The summed E-state index contributed by atoms with van der Waals surface area (Å²) in [7, 11) is 1.93. The highest BCUT2D eigenvalue weighted by molar-refractivity contribution is 7.18. The summed E-state index contributed by atoms with van der Waals surface area (Å²) >= 11 is 1.30. The van der Waals surface area contributed by atoms with E-state index in [2.05, 4.69) is 16.0 Å². The van der Waals surface area contributed by atoms with E-state index in [9.17, 15) is 9.59 Å². The van der Waals surface area contributed by atoms with Gasteiger partial charge in [-0.25, -0.2) is 4.79 Å². The average molecular weight is 358 g/mol. The molecule has 2 heterocycles. The Morgan fingerprint density at radius 1 is 1.16 bits per heavy atom. The fourth-order valence-corrected chi connectivity index (χ4v) is 3.81. The summed E-state index contributed by atoms with van der Waals surface area (Å²) in [5.41, 5.74) is 0.723. The van der Waals surface area contributed by atoms with Gasteiger partial charge in [-0.2, -0.15) is 0 Å². The largest absolute Gasteiger partial charge is 0.338 e. The van der Waals surface area contributed by atoms with Gasteiger partial charge in [0.05, 0.1) is 9.88 Å². The van der Waals surface area contributed by atoms with E-state index < -0.39 is 0 Å². The number of carbonyl (C=O) groups excluding carboxylic acids is 2. The molecular formula is C18H22N4O2S. The summed E-state index contributed by atoms with van der Waals surface area (Å²) in [6.45, 7) is 2.51. The van der Waals surface area contributed by atoms with Gasteiger partial charge in [0.2, 0.25) is 0 Å². The Bertz CT molecular complexity index is 732. The number of nitrogens with one attached hydrogen (secondary N) is 3. The van der Waals surface area contributed by atoms with Gasteiger partial charge in [0.1, 0.15) is 0 Å². The molecule has 0 bridgehead atoms. The molecule has 0 aliphatic carbocycles. The molecule has 3 rings (SSSR count). The first-order chi connectivity index (χ1) is 12.2. The zero-order valence-corrected chi connectivity index (χ0v) is 14.9. The fourth-order valence-electron chi connectivity index (χ4n) is 2.94. The molecular weight excluding hydrogens is 336 g/mol. The Balaban J connectivity index is 1.55. The number of hydrogen-bond acceptors (Lipinski definition) is 4. The van der Waals surface area contributed by atoms with E-state index >= 15 is 0 Å². The van der Waals surface area contributed by atoms with Crippen molar-refractivity contribution < 1.29 is 9.59 Å². The monoisotopic (exact) mass is 358 g/mol. The molecule has 1 atom stereocenters. The number of likely N-dealkylation sites (tertiary alicyclic amines) is 1. The molecule has 1 aromatic heterocycles. The second kappa shape index (κ2) is 8.13. The fraction of sp³-hybridized carbons (Fsp3) is 0.333. The maximum absolute atomic E-state index is 12.6. The van der Waals surface area contributed by atoms with Gasteiger partial charge in [-0.1, -0.05) is 18.2 Å². The SMILES string of the molecule is CNCC1CCN(C(=O)c2ccc(NC(=O)Nc3ccccc3)s2)C1. The molecule has 2 aromatic rings. The van der Waals surface area contributed by atoms with E-state index in [-0.39, 0.29) is 11.9 Å². The van der Waals surface area contributed by atoms with Crippen LogP contribution in [0.25, 0.3) is 0 Å². The van der Waals surface area contributed by atoms with Crippen LogP contribution in [0.3, 0.4) is 0 Å². The smallest absolute Gasteiger partial charge is 0.324 e. The molecule has 0 spiro atoms. The van der Waals surface area contributed by atoms with Crippen LogP contribution < -0.4 is 16.0 Å². The molecule has 1 aromatic carbocycles. The van der Waals surface area contributed by atoms with Crippen molar-refractivity contribution in [2.45, 2.75) is 6.42 Å². The molecule has 3 amide bonds. The molecule has 1 fully saturated rings. The molecule has 1 aliphatic heterocycles. The number of para-hydroxylation sites is 1. The molecule has 0 radical (unpaired) electrons. The topological polar surface area (TPSA) is 73.5 Å². The van der Waals surface area contributed by atoms with Gasteiger partial charge in [0.25, 0.3) is 5.91 Å². The van der Waals surface area contributed by atoms with Crippen molar-refractivity contribution in [3.8, 4) is 0 Å². The minimum Gasteiger partial charge on any atom is -0.338 e. The lowest BCUT2D eigenvalue weighted by Crippen LogP contribution is -2.29. The predicted molar refractivity (Wildman–Crippen MR) is 101 cm³/mol. The van der Waals surface area contributed by atoms with Gasteiger partial charge in [-0.05, 0) is 50.2 Å². The highest BCUT2D eigenvalue weighted by atomic mass is 32.1. The van der Waals surface area contributed by atoms with Crippen LogP contribution in [-0.4, -0.2) is 43.5 Å². The Morgan fingerprint density at radius 3 is 2.72 bits per heavy atom. The Hall–Kier alpha value is -2.38. The van der Waals surface area contributed by atoms with E-state index in [1.807, 2.05) is 42.3 Å². The van der Waals surface area contributed by atoms with E-state index in [0.29, 0.717) is 15.8 Å². The molecule has 1 aliphatic rings. The van der Waals surface area contributed by atoms with Crippen molar-refractivity contribution in [3.05, 3.63) is 47.3 Å². The summed E-state index contributed by atoms with van der Waals surface area (Å²) in [4.78, 5) is 27.1. The highest BCUT2D eigenvalue weighted by Gasteiger charge is 2.27. The van der Waals surface area contributed by atoms with E-state index in [0.717, 1.165) is 31.7 Å². The van der Waals surface area contributed by atoms with E-state index in [1.54, 1.807) is 12.1 Å². The molecule has 3 N–H and O–H groups in total. The second-order valence-corrected chi connectivity index (χ2v) is 7.16. The summed E-state index contributed by atoms with van der Waals surface area (Å²) in [5.74, 6) is 0.559. The van der Waals surface area contributed by atoms with Crippen molar-refractivity contribution in [1.29, 1.82) is 0 Å². The Kier molecular flexibility index (Phi) is 5.67. The van der Waals surface area contributed by atoms with Crippen molar-refractivity contribution in [3.63, 3.8) is 0 Å². The van der Waals surface area contributed by atoms with Crippen molar-refractivity contribution in [2.75, 3.05) is 37.3 Å². The number of rotatable bonds is 5.